The van der Waals surface area contributed by atoms with Gasteiger partial charge in [0.1, 0.15) is 0 Å². The maximum absolute atomic E-state index is 12.2. The molecule has 4 atom stereocenters. The topological polar surface area (TPSA) is 66.8 Å². The lowest BCUT2D eigenvalue weighted by Gasteiger charge is -2.40. The maximum atomic E-state index is 12.2. The molecule has 2 unspecified atom stereocenters. The number of carbonyl (C=O) groups excluding carboxylic acids is 1. The van der Waals surface area contributed by atoms with Gasteiger partial charge in [0, 0.05) is 5.92 Å². The molecule has 2 aromatic rings. The fraction of sp³-hybridized carbons (Fsp3) is 0.318. The smallest absolute Gasteiger partial charge is 0.344 e. The number of benzene rings is 2. The molecule has 0 amide bonds. The van der Waals surface area contributed by atoms with Crippen LogP contribution in [0.15, 0.2) is 71.6 Å². The summed E-state index contributed by atoms with van der Waals surface area (Å²) in [6.07, 6.45) is 1.73. The molecule has 2 N–H and O–H groups in total. The molecule has 0 saturated carbocycles. The summed E-state index contributed by atoms with van der Waals surface area (Å²) in [7, 11) is 1.33. The first kappa shape index (κ1) is 19.7. The molecule has 0 aromatic heterocycles. The van der Waals surface area contributed by atoms with Gasteiger partial charge in [-0.05, 0) is 25.0 Å². The Hall–Kier alpha value is -2.08. The zero-order valence-corrected chi connectivity index (χ0v) is 16.4. The standard InChI is InChI=1S/C22H24O4S/c1-21(24,15-10-6-4-7-11-15)17-14-18(20(23)26-3)27-19(17)22(2,25)16-12-8-5-9-13-16/h4-14,17,19,24-25H,1-3H3/t17-,19-,21?,22?/m0/s1. The van der Waals surface area contributed by atoms with Gasteiger partial charge in [-0.25, -0.2) is 4.79 Å². The van der Waals surface area contributed by atoms with Crippen molar-refractivity contribution in [3.8, 4) is 0 Å². The maximum Gasteiger partial charge on any atom is 0.344 e. The number of carbonyl (C=O) groups is 1. The first-order valence-electron chi connectivity index (χ1n) is 8.81. The molecule has 142 valence electrons. The van der Waals surface area contributed by atoms with Crippen molar-refractivity contribution in [1.29, 1.82) is 0 Å². The van der Waals surface area contributed by atoms with Crippen LogP contribution >= 0.6 is 11.8 Å². The summed E-state index contributed by atoms with van der Waals surface area (Å²) in [5, 5.41) is 22.4. The van der Waals surface area contributed by atoms with Crippen molar-refractivity contribution < 1.29 is 19.7 Å². The molecule has 0 radical (unpaired) electrons. The highest BCUT2D eigenvalue weighted by Gasteiger charge is 2.51. The molecule has 0 bridgehead atoms. The van der Waals surface area contributed by atoms with E-state index < -0.39 is 28.3 Å². The Morgan fingerprint density at radius 1 is 0.926 bits per heavy atom. The van der Waals surface area contributed by atoms with Gasteiger partial charge < -0.3 is 14.9 Å². The highest BCUT2D eigenvalue weighted by Crippen LogP contribution is 2.52. The van der Waals surface area contributed by atoms with E-state index in [1.807, 2.05) is 60.7 Å². The summed E-state index contributed by atoms with van der Waals surface area (Å²) in [6, 6.07) is 18.6. The second-order valence-electron chi connectivity index (χ2n) is 7.11. The first-order valence-corrected chi connectivity index (χ1v) is 9.69. The van der Waals surface area contributed by atoms with Crippen LogP contribution in [0.1, 0.15) is 25.0 Å². The second-order valence-corrected chi connectivity index (χ2v) is 8.30. The summed E-state index contributed by atoms with van der Waals surface area (Å²) in [6.45, 7) is 3.44. The fourth-order valence-corrected chi connectivity index (χ4v) is 5.08. The minimum absolute atomic E-state index is 0.403. The van der Waals surface area contributed by atoms with Crippen molar-refractivity contribution >= 4 is 17.7 Å². The number of esters is 1. The minimum Gasteiger partial charge on any atom is -0.465 e. The molecule has 4 nitrogen and oxygen atoms in total. The van der Waals surface area contributed by atoms with Crippen molar-refractivity contribution in [1.82, 2.24) is 0 Å². The highest BCUT2D eigenvalue weighted by atomic mass is 32.2. The number of hydrogen-bond donors (Lipinski definition) is 2. The van der Waals surface area contributed by atoms with Gasteiger partial charge in [0.05, 0.1) is 28.5 Å². The monoisotopic (exact) mass is 384 g/mol. The third-order valence-corrected chi connectivity index (χ3v) is 6.78. The number of methoxy groups -OCH3 is 1. The van der Waals surface area contributed by atoms with E-state index >= 15 is 0 Å². The molecule has 5 heteroatoms. The summed E-state index contributed by atoms with van der Waals surface area (Å²) >= 11 is 1.25. The van der Waals surface area contributed by atoms with Crippen molar-refractivity contribution in [2.75, 3.05) is 7.11 Å². The molecule has 0 fully saturated rings. The highest BCUT2D eigenvalue weighted by molar-refractivity contribution is 8.04. The summed E-state index contributed by atoms with van der Waals surface area (Å²) in [5.41, 5.74) is -1.07. The first-order chi connectivity index (χ1) is 12.8. The molecule has 0 spiro atoms. The van der Waals surface area contributed by atoms with Crippen LogP contribution in [0.4, 0.5) is 0 Å². The van der Waals surface area contributed by atoms with E-state index in [1.54, 1.807) is 19.9 Å². The van der Waals surface area contributed by atoms with E-state index in [0.29, 0.717) is 4.91 Å². The van der Waals surface area contributed by atoms with E-state index in [9.17, 15) is 15.0 Å². The zero-order chi connectivity index (χ0) is 19.7. The number of rotatable bonds is 5. The molecule has 27 heavy (non-hydrogen) atoms. The van der Waals surface area contributed by atoms with E-state index in [4.69, 9.17) is 4.74 Å². The van der Waals surface area contributed by atoms with Crippen molar-refractivity contribution in [3.05, 3.63) is 82.8 Å². The van der Waals surface area contributed by atoms with Crippen molar-refractivity contribution in [2.45, 2.75) is 30.3 Å². The summed E-state index contributed by atoms with van der Waals surface area (Å²) in [5.74, 6) is -0.950. The van der Waals surface area contributed by atoms with Crippen molar-refractivity contribution in [3.63, 3.8) is 0 Å². The van der Waals surface area contributed by atoms with E-state index in [0.717, 1.165) is 11.1 Å². The van der Waals surface area contributed by atoms with Gasteiger partial charge in [-0.1, -0.05) is 66.7 Å². The molecule has 0 saturated heterocycles. The van der Waals surface area contributed by atoms with Crippen molar-refractivity contribution in [2.24, 2.45) is 5.92 Å². The predicted molar refractivity (Wildman–Crippen MR) is 107 cm³/mol. The Labute approximate surface area is 163 Å². The lowest BCUT2D eigenvalue weighted by molar-refractivity contribution is -0.135. The third kappa shape index (κ3) is 3.68. The number of ether oxygens (including phenoxy) is 1. The van der Waals surface area contributed by atoms with Crippen LogP contribution in [-0.2, 0) is 20.7 Å². The average molecular weight is 384 g/mol. The van der Waals surface area contributed by atoms with Crippen LogP contribution in [0.3, 0.4) is 0 Å². The van der Waals surface area contributed by atoms with Gasteiger partial charge in [-0.15, -0.1) is 11.8 Å². The van der Waals surface area contributed by atoms with Crippen LogP contribution in [0.5, 0.6) is 0 Å². The van der Waals surface area contributed by atoms with E-state index in [1.165, 1.54) is 18.9 Å². The Morgan fingerprint density at radius 2 is 1.41 bits per heavy atom. The van der Waals surface area contributed by atoms with Gasteiger partial charge in [-0.2, -0.15) is 0 Å². The van der Waals surface area contributed by atoms with E-state index in [-0.39, 0.29) is 0 Å². The van der Waals surface area contributed by atoms with Crippen LogP contribution in [0.2, 0.25) is 0 Å². The minimum atomic E-state index is -1.27. The van der Waals surface area contributed by atoms with Crippen LogP contribution in [0.25, 0.3) is 0 Å². The fourth-order valence-electron chi connectivity index (χ4n) is 3.55. The molecule has 1 aliphatic heterocycles. The number of aliphatic hydroxyl groups is 2. The summed E-state index contributed by atoms with van der Waals surface area (Å²) in [4.78, 5) is 12.6. The Bertz CT molecular complexity index is 828. The van der Waals surface area contributed by atoms with Gasteiger partial charge in [0.15, 0.2) is 0 Å². The average Bonchev–Trinajstić information content (AvgIpc) is 3.16. The summed E-state index contributed by atoms with van der Waals surface area (Å²) < 4.78 is 4.88. The van der Waals surface area contributed by atoms with Crippen LogP contribution in [-0.4, -0.2) is 28.5 Å². The molecular formula is C22H24O4S. The molecule has 2 aromatic carbocycles. The Morgan fingerprint density at radius 3 is 1.89 bits per heavy atom. The largest absolute Gasteiger partial charge is 0.465 e. The number of hydrogen-bond acceptors (Lipinski definition) is 5. The molecule has 1 aliphatic rings. The molecule has 3 rings (SSSR count). The molecule has 1 heterocycles. The van der Waals surface area contributed by atoms with Gasteiger partial charge in [0.25, 0.3) is 0 Å². The van der Waals surface area contributed by atoms with Crippen LogP contribution < -0.4 is 0 Å². The quantitative estimate of drug-likeness (QED) is 0.771. The van der Waals surface area contributed by atoms with Crippen LogP contribution in [0, 0.1) is 5.92 Å². The number of thioether (sulfide) groups is 1. The van der Waals surface area contributed by atoms with Gasteiger partial charge >= 0.3 is 5.97 Å². The predicted octanol–water partition coefficient (Wildman–Crippen LogP) is 3.59. The SMILES string of the molecule is COC(=O)C1=C[C@H](C(C)(O)c2ccccc2)[C@@H](C(C)(O)c2ccccc2)S1. The molecule has 0 aliphatic carbocycles. The van der Waals surface area contributed by atoms with Gasteiger partial charge in [0.2, 0.25) is 0 Å². The zero-order valence-electron chi connectivity index (χ0n) is 15.6. The molecular weight excluding hydrogens is 360 g/mol. The second kappa shape index (κ2) is 7.50. The lowest BCUT2D eigenvalue weighted by Crippen LogP contribution is -2.45. The van der Waals surface area contributed by atoms with Gasteiger partial charge in [-0.3, -0.25) is 0 Å². The Balaban J connectivity index is 2.06. The normalized spacial score (nSPS) is 23.8. The Kier molecular flexibility index (Phi) is 5.47. The third-order valence-electron chi connectivity index (χ3n) is 5.22. The van der Waals surface area contributed by atoms with E-state index in [2.05, 4.69) is 0 Å². The lowest BCUT2D eigenvalue weighted by atomic mass is 9.74.